The van der Waals surface area contributed by atoms with Gasteiger partial charge in [-0.15, -0.1) is 11.3 Å². The Morgan fingerprint density at radius 2 is 2.19 bits per heavy atom. The van der Waals surface area contributed by atoms with Gasteiger partial charge in [0.2, 0.25) is 0 Å². The fourth-order valence-electron chi connectivity index (χ4n) is 3.45. The third-order valence-corrected chi connectivity index (χ3v) is 5.74. The molecule has 1 aromatic heterocycles. The van der Waals surface area contributed by atoms with Crippen molar-refractivity contribution >= 4 is 17.3 Å². The number of guanidine groups is 1. The van der Waals surface area contributed by atoms with Crippen LogP contribution in [0, 0.1) is 6.92 Å². The van der Waals surface area contributed by atoms with Gasteiger partial charge in [0.25, 0.3) is 0 Å². The summed E-state index contributed by atoms with van der Waals surface area (Å²) in [5.74, 6) is 0.558. The van der Waals surface area contributed by atoms with Crippen LogP contribution in [0.25, 0.3) is 11.3 Å². The molecule has 1 fully saturated rings. The van der Waals surface area contributed by atoms with Crippen molar-refractivity contribution < 1.29 is 0 Å². The normalized spacial score (nSPS) is 18.4. The van der Waals surface area contributed by atoms with Gasteiger partial charge >= 0.3 is 0 Å². The van der Waals surface area contributed by atoms with Crippen LogP contribution >= 0.6 is 11.3 Å². The minimum absolute atomic E-state index is 0.558. The van der Waals surface area contributed by atoms with Crippen LogP contribution in [0.5, 0.6) is 0 Å². The zero-order valence-corrected chi connectivity index (χ0v) is 16.6. The van der Waals surface area contributed by atoms with Gasteiger partial charge in [0.05, 0.1) is 17.2 Å². The lowest BCUT2D eigenvalue weighted by molar-refractivity contribution is 0.273. The molecule has 1 aliphatic heterocycles. The summed E-state index contributed by atoms with van der Waals surface area (Å²) in [5, 5.41) is 6.44. The number of benzene rings is 1. The summed E-state index contributed by atoms with van der Waals surface area (Å²) < 4.78 is 0. The van der Waals surface area contributed by atoms with Crippen LogP contribution in [0.4, 0.5) is 0 Å². The average molecular weight is 372 g/mol. The van der Waals surface area contributed by atoms with Crippen LogP contribution in [0.3, 0.4) is 0 Å². The number of aromatic nitrogens is 1. The maximum atomic E-state index is 6.02. The zero-order chi connectivity index (χ0) is 18.4. The number of rotatable bonds is 7. The van der Waals surface area contributed by atoms with E-state index in [9.17, 15) is 0 Å². The Morgan fingerprint density at radius 3 is 2.88 bits per heavy atom. The van der Waals surface area contributed by atoms with E-state index in [0.29, 0.717) is 12.0 Å². The smallest absolute Gasteiger partial charge is 0.188 e. The van der Waals surface area contributed by atoms with E-state index in [1.165, 1.54) is 30.5 Å². The van der Waals surface area contributed by atoms with Gasteiger partial charge in [0.1, 0.15) is 0 Å². The maximum absolute atomic E-state index is 6.02. The Kier molecular flexibility index (Phi) is 6.63. The molecule has 0 amide bonds. The molecule has 0 aliphatic carbocycles. The number of likely N-dealkylation sites (N-methyl/N-ethyl adjacent to an activating group) is 1. The summed E-state index contributed by atoms with van der Waals surface area (Å²) in [6, 6.07) is 9.16. The lowest BCUT2D eigenvalue weighted by atomic mass is 10.1. The Morgan fingerprint density at radius 1 is 1.38 bits per heavy atom. The van der Waals surface area contributed by atoms with Gasteiger partial charge in [-0.3, -0.25) is 9.89 Å². The van der Waals surface area contributed by atoms with Crippen molar-refractivity contribution in [3.05, 3.63) is 40.2 Å². The predicted molar refractivity (Wildman–Crippen MR) is 111 cm³/mol. The van der Waals surface area contributed by atoms with Gasteiger partial charge in [-0.25, -0.2) is 4.98 Å². The van der Waals surface area contributed by atoms with E-state index >= 15 is 0 Å². The van der Waals surface area contributed by atoms with E-state index in [1.54, 1.807) is 11.3 Å². The highest BCUT2D eigenvalue weighted by Gasteiger charge is 2.22. The van der Waals surface area contributed by atoms with Crippen molar-refractivity contribution in [3.63, 3.8) is 0 Å². The number of thiazole rings is 1. The fraction of sp³-hybridized carbons (Fsp3) is 0.500. The van der Waals surface area contributed by atoms with E-state index in [1.807, 2.05) is 6.92 Å². The van der Waals surface area contributed by atoms with Crippen molar-refractivity contribution in [2.75, 3.05) is 26.2 Å². The average Bonchev–Trinajstić information content (AvgIpc) is 3.29. The second-order valence-electron chi connectivity index (χ2n) is 6.78. The first-order valence-electron chi connectivity index (χ1n) is 9.45. The van der Waals surface area contributed by atoms with Crippen molar-refractivity contribution in [2.45, 2.75) is 39.2 Å². The minimum atomic E-state index is 0.558. The third-order valence-electron chi connectivity index (χ3n) is 4.97. The summed E-state index contributed by atoms with van der Waals surface area (Å²) in [5.41, 5.74) is 9.53. The van der Waals surface area contributed by atoms with Crippen molar-refractivity contribution in [1.29, 1.82) is 0 Å². The Bertz CT molecular complexity index is 722. The first kappa shape index (κ1) is 18.9. The van der Waals surface area contributed by atoms with E-state index < -0.39 is 0 Å². The monoisotopic (exact) mass is 371 g/mol. The molecule has 1 unspecified atom stereocenters. The summed E-state index contributed by atoms with van der Waals surface area (Å²) in [6.45, 7) is 8.14. The Labute approximate surface area is 160 Å². The van der Waals surface area contributed by atoms with E-state index in [2.05, 4.69) is 56.8 Å². The van der Waals surface area contributed by atoms with Gasteiger partial charge < -0.3 is 11.1 Å². The van der Waals surface area contributed by atoms with E-state index in [0.717, 1.165) is 36.8 Å². The molecule has 1 atom stereocenters. The van der Waals surface area contributed by atoms with Gasteiger partial charge in [-0.05, 0) is 44.8 Å². The standard InChI is InChI=1S/C20H29N5S/c1-3-25-12-4-5-18(25)13-23-20(21)22-11-10-16-6-8-17(9-7-16)19-14-26-15(2)24-19/h6-9,14,18H,3-5,10-13H2,1-2H3,(H3,21,22,23). The molecule has 5 nitrogen and oxygen atoms in total. The number of hydrogen-bond acceptors (Lipinski definition) is 4. The molecule has 0 radical (unpaired) electrons. The predicted octanol–water partition coefficient (Wildman–Crippen LogP) is 3.05. The second kappa shape index (κ2) is 9.14. The number of likely N-dealkylation sites (tertiary alicyclic amines) is 1. The van der Waals surface area contributed by atoms with Crippen LogP contribution in [-0.4, -0.2) is 48.1 Å². The summed E-state index contributed by atoms with van der Waals surface area (Å²) in [4.78, 5) is 11.5. The molecule has 1 aliphatic rings. The number of nitrogens with two attached hydrogens (primary N) is 1. The molecule has 0 spiro atoms. The largest absolute Gasteiger partial charge is 0.370 e. The van der Waals surface area contributed by atoms with Gasteiger partial charge in [-0.2, -0.15) is 0 Å². The van der Waals surface area contributed by atoms with Crippen LogP contribution < -0.4 is 11.1 Å². The molecule has 1 saturated heterocycles. The van der Waals surface area contributed by atoms with Crippen LogP contribution in [-0.2, 0) is 6.42 Å². The molecule has 3 N–H and O–H groups in total. The first-order chi connectivity index (χ1) is 12.7. The van der Waals surface area contributed by atoms with E-state index in [-0.39, 0.29) is 0 Å². The molecule has 0 bridgehead atoms. The Hall–Kier alpha value is -1.92. The maximum Gasteiger partial charge on any atom is 0.188 e. The third kappa shape index (κ3) is 5.05. The van der Waals surface area contributed by atoms with Crippen molar-refractivity contribution in [3.8, 4) is 11.3 Å². The number of hydrogen-bond donors (Lipinski definition) is 2. The first-order valence-corrected chi connectivity index (χ1v) is 10.3. The topological polar surface area (TPSA) is 66.5 Å². The lowest BCUT2D eigenvalue weighted by Gasteiger charge is -2.20. The second-order valence-corrected chi connectivity index (χ2v) is 7.84. The highest BCUT2D eigenvalue weighted by molar-refractivity contribution is 7.09. The Balaban J connectivity index is 1.43. The lowest BCUT2D eigenvalue weighted by Crippen LogP contribution is -2.36. The van der Waals surface area contributed by atoms with Crippen molar-refractivity contribution in [2.24, 2.45) is 10.7 Å². The molecule has 2 heterocycles. The van der Waals surface area contributed by atoms with Gasteiger partial charge in [0.15, 0.2) is 5.96 Å². The quantitative estimate of drug-likeness (QED) is 0.580. The molecule has 26 heavy (non-hydrogen) atoms. The molecule has 2 aromatic rings. The van der Waals surface area contributed by atoms with Crippen LogP contribution in [0.15, 0.2) is 34.6 Å². The number of aryl methyl sites for hydroxylation is 1. The molecule has 140 valence electrons. The highest BCUT2D eigenvalue weighted by Crippen LogP contribution is 2.21. The van der Waals surface area contributed by atoms with Crippen LogP contribution in [0.2, 0.25) is 0 Å². The molecule has 0 saturated carbocycles. The molecule has 1 aromatic carbocycles. The van der Waals surface area contributed by atoms with Crippen LogP contribution in [0.1, 0.15) is 30.3 Å². The minimum Gasteiger partial charge on any atom is -0.370 e. The summed E-state index contributed by atoms with van der Waals surface area (Å²) >= 11 is 1.68. The number of nitrogens with one attached hydrogen (secondary N) is 1. The van der Waals surface area contributed by atoms with Gasteiger partial charge in [-0.1, -0.05) is 31.2 Å². The summed E-state index contributed by atoms with van der Waals surface area (Å²) in [6.07, 6.45) is 3.43. The van der Waals surface area contributed by atoms with E-state index in [4.69, 9.17) is 5.73 Å². The fourth-order valence-corrected chi connectivity index (χ4v) is 4.07. The highest BCUT2D eigenvalue weighted by atomic mass is 32.1. The van der Waals surface area contributed by atoms with Crippen molar-refractivity contribution in [1.82, 2.24) is 15.2 Å². The SMILES string of the molecule is CCN1CCCC1CN=C(N)NCCc1ccc(-c2csc(C)n2)cc1. The molecular weight excluding hydrogens is 342 g/mol. The molecule has 6 heteroatoms. The van der Waals surface area contributed by atoms with Gasteiger partial charge in [0, 0.05) is 23.5 Å². The zero-order valence-electron chi connectivity index (χ0n) is 15.7. The summed E-state index contributed by atoms with van der Waals surface area (Å²) in [7, 11) is 0. The number of aliphatic imine (C=N–C) groups is 1. The molecule has 3 rings (SSSR count). The number of nitrogens with zero attached hydrogens (tertiary/aromatic N) is 3. The molecular formula is C20H29N5S.